The van der Waals surface area contributed by atoms with Crippen molar-refractivity contribution in [2.75, 3.05) is 0 Å². The summed E-state index contributed by atoms with van der Waals surface area (Å²) in [5.41, 5.74) is 1.10. The summed E-state index contributed by atoms with van der Waals surface area (Å²) in [6.45, 7) is 0. The first-order valence-corrected chi connectivity index (χ1v) is 5.58. The van der Waals surface area contributed by atoms with Crippen LogP contribution in [0.1, 0.15) is 5.56 Å². The van der Waals surface area contributed by atoms with Crippen molar-refractivity contribution < 1.29 is 9.53 Å². The third-order valence-corrected chi connectivity index (χ3v) is 2.65. The molecule has 1 aliphatic rings. The Kier molecular flexibility index (Phi) is 3.37. The Morgan fingerprint density at radius 3 is 2.56 bits per heavy atom. The van der Waals surface area contributed by atoms with Crippen LogP contribution in [0.4, 0.5) is 0 Å². The summed E-state index contributed by atoms with van der Waals surface area (Å²) in [4.78, 5) is 10.9. The molecule has 3 heteroatoms. The number of carbonyl (C=O) groups excluding carboxylic acids is 1. The van der Waals surface area contributed by atoms with Gasteiger partial charge in [0.25, 0.3) is 0 Å². The van der Waals surface area contributed by atoms with Crippen molar-refractivity contribution in [3.63, 3.8) is 0 Å². The first-order valence-electron chi connectivity index (χ1n) is 4.78. The van der Waals surface area contributed by atoms with Gasteiger partial charge in [-0.2, -0.15) is 0 Å². The normalized spacial score (nSPS) is 17.9. The predicted molar refractivity (Wildman–Crippen MR) is 66.7 cm³/mol. The molecule has 80 valence electrons. The summed E-state index contributed by atoms with van der Waals surface area (Å²) in [6, 6.07) is 9.91. The van der Waals surface area contributed by atoms with Gasteiger partial charge in [0.05, 0.1) is 4.48 Å². The number of esters is 1. The van der Waals surface area contributed by atoms with Gasteiger partial charge in [0, 0.05) is 6.08 Å². The molecule has 1 aromatic carbocycles. The van der Waals surface area contributed by atoms with Gasteiger partial charge in [0.1, 0.15) is 5.76 Å². The molecule has 1 heterocycles. The fourth-order valence-corrected chi connectivity index (χ4v) is 1.69. The highest BCUT2D eigenvalue weighted by Crippen LogP contribution is 2.24. The topological polar surface area (TPSA) is 26.3 Å². The van der Waals surface area contributed by atoms with Crippen molar-refractivity contribution in [1.82, 2.24) is 0 Å². The number of hydrogen-bond acceptors (Lipinski definition) is 2. The number of allylic oxidation sites excluding steroid dienone is 3. The number of hydrogen-bond donors (Lipinski definition) is 0. The molecule has 2 rings (SSSR count). The van der Waals surface area contributed by atoms with Gasteiger partial charge in [-0.25, -0.2) is 4.79 Å². The molecule has 0 radical (unpaired) electrons. The molecule has 1 aliphatic heterocycles. The smallest absolute Gasteiger partial charge is 0.337 e. The quantitative estimate of drug-likeness (QED) is 0.774. The number of benzene rings is 1. The Balaban J connectivity index is 2.08. The van der Waals surface area contributed by atoms with Crippen molar-refractivity contribution >= 4 is 28.0 Å². The average Bonchev–Trinajstić information content (AvgIpc) is 2.59. The van der Waals surface area contributed by atoms with Gasteiger partial charge in [-0.1, -0.05) is 42.5 Å². The molecule has 0 saturated carbocycles. The summed E-state index contributed by atoms with van der Waals surface area (Å²) >= 11 is 3.24. The van der Waals surface area contributed by atoms with Gasteiger partial charge in [0.2, 0.25) is 0 Å². The van der Waals surface area contributed by atoms with E-state index in [2.05, 4.69) is 15.9 Å². The molecule has 0 bridgehead atoms. The fourth-order valence-electron chi connectivity index (χ4n) is 1.29. The second-order valence-corrected chi connectivity index (χ2v) is 4.07. The van der Waals surface area contributed by atoms with E-state index in [0.717, 1.165) is 5.56 Å². The average molecular weight is 277 g/mol. The number of cyclic esters (lactones) is 1. The van der Waals surface area contributed by atoms with Crippen LogP contribution in [0.15, 0.2) is 58.8 Å². The lowest BCUT2D eigenvalue weighted by Crippen LogP contribution is -1.89. The van der Waals surface area contributed by atoms with Gasteiger partial charge in [-0.3, -0.25) is 0 Å². The van der Waals surface area contributed by atoms with Crippen molar-refractivity contribution in [2.45, 2.75) is 0 Å². The summed E-state index contributed by atoms with van der Waals surface area (Å²) in [5, 5.41) is 0. The lowest BCUT2D eigenvalue weighted by Gasteiger charge is -1.95. The zero-order valence-electron chi connectivity index (χ0n) is 8.39. The van der Waals surface area contributed by atoms with Gasteiger partial charge in [-0.15, -0.1) is 0 Å². The van der Waals surface area contributed by atoms with E-state index >= 15 is 0 Å². The minimum absolute atomic E-state index is 0.341. The molecule has 0 unspecified atom stereocenters. The molecule has 0 aliphatic carbocycles. The standard InChI is InChI=1S/C13H9BrO2/c14-11-9-13(15)16-12(11)8-4-7-10-5-2-1-3-6-10/h1-9H/b7-4+,12-8-. The van der Waals surface area contributed by atoms with Gasteiger partial charge < -0.3 is 4.74 Å². The molecule has 2 nitrogen and oxygen atoms in total. The Morgan fingerprint density at radius 2 is 1.94 bits per heavy atom. The Bertz CT molecular complexity index is 484. The third-order valence-electron chi connectivity index (χ3n) is 2.03. The van der Waals surface area contributed by atoms with Crippen LogP contribution < -0.4 is 0 Å². The van der Waals surface area contributed by atoms with Crippen LogP contribution in [0.2, 0.25) is 0 Å². The van der Waals surface area contributed by atoms with E-state index in [1.165, 1.54) is 6.08 Å². The predicted octanol–water partition coefficient (Wildman–Crippen LogP) is 3.42. The number of halogens is 1. The third kappa shape index (κ3) is 2.70. The van der Waals surface area contributed by atoms with E-state index < -0.39 is 0 Å². The minimum atomic E-state index is -0.341. The summed E-state index contributed by atoms with van der Waals surface area (Å²) < 4.78 is 5.62. The highest BCUT2D eigenvalue weighted by molar-refractivity contribution is 9.12. The first-order chi connectivity index (χ1) is 7.75. The van der Waals surface area contributed by atoms with Crippen LogP contribution in [0, 0.1) is 0 Å². The van der Waals surface area contributed by atoms with Gasteiger partial charge in [0.15, 0.2) is 0 Å². The fraction of sp³-hybridized carbons (Fsp3) is 0. The Morgan fingerprint density at radius 1 is 1.19 bits per heavy atom. The zero-order chi connectivity index (χ0) is 11.4. The maximum absolute atomic E-state index is 10.9. The summed E-state index contributed by atoms with van der Waals surface area (Å²) in [6.07, 6.45) is 6.94. The number of rotatable bonds is 2. The van der Waals surface area contributed by atoms with E-state index in [9.17, 15) is 4.79 Å². The van der Waals surface area contributed by atoms with Gasteiger partial charge in [-0.05, 0) is 27.6 Å². The van der Waals surface area contributed by atoms with Crippen LogP contribution >= 0.6 is 15.9 Å². The van der Waals surface area contributed by atoms with Crippen molar-refractivity contribution in [1.29, 1.82) is 0 Å². The molecule has 0 amide bonds. The van der Waals surface area contributed by atoms with Crippen molar-refractivity contribution in [2.24, 2.45) is 0 Å². The van der Waals surface area contributed by atoms with Crippen LogP contribution in [0.5, 0.6) is 0 Å². The first kappa shape index (κ1) is 10.9. The van der Waals surface area contributed by atoms with E-state index in [4.69, 9.17) is 4.74 Å². The highest BCUT2D eigenvalue weighted by Gasteiger charge is 2.16. The molecule has 0 aromatic heterocycles. The highest BCUT2D eigenvalue weighted by atomic mass is 79.9. The van der Waals surface area contributed by atoms with Crippen molar-refractivity contribution in [3.8, 4) is 0 Å². The summed E-state index contributed by atoms with van der Waals surface area (Å²) in [7, 11) is 0. The molecule has 0 atom stereocenters. The van der Waals surface area contributed by atoms with E-state index in [-0.39, 0.29) is 5.97 Å². The molecule has 0 spiro atoms. The number of carbonyl (C=O) groups is 1. The summed E-state index contributed by atoms with van der Waals surface area (Å²) in [5.74, 6) is 0.198. The number of ether oxygens (including phenoxy) is 1. The maximum Gasteiger partial charge on any atom is 0.337 e. The van der Waals surface area contributed by atoms with Crippen LogP contribution in [0.25, 0.3) is 6.08 Å². The molecule has 0 saturated heterocycles. The monoisotopic (exact) mass is 276 g/mol. The lowest BCUT2D eigenvalue weighted by molar-refractivity contribution is -0.132. The molecule has 0 fully saturated rings. The van der Waals surface area contributed by atoms with Crippen molar-refractivity contribution in [3.05, 3.63) is 64.4 Å². The van der Waals surface area contributed by atoms with Crippen LogP contribution in [-0.2, 0) is 9.53 Å². The molecular weight excluding hydrogens is 268 g/mol. The molecule has 16 heavy (non-hydrogen) atoms. The Labute approximate surface area is 102 Å². The lowest BCUT2D eigenvalue weighted by atomic mass is 10.2. The van der Waals surface area contributed by atoms with E-state index in [1.807, 2.05) is 42.5 Å². The second-order valence-electron chi connectivity index (χ2n) is 3.21. The van der Waals surface area contributed by atoms with E-state index in [1.54, 1.807) is 6.08 Å². The van der Waals surface area contributed by atoms with Gasteiger partial charge >= 0.3 is 5.97 Å². The second kappa shape index (κ2) is 4.94. The molecular formula is C13H9BrO2. The molecule has 0 N–H and O–H groups in total. The van der Waals surface area contributed by atoms with Crippen LogP contribution in [-0.4, -0.2) is 5.97 Å². The molecule has 1 aromatic rings. The largest absolute Gasteiger partial charge is 0.422 e. The Hall–Kier alpha value is -1.61. The minimum Gasteiger partial charge on any atom is -0.422 e. The SMILES string of the molecule is O=C1C=C(Br)/C(=C/C=C/c2ccccc2)O1. The maximum atomic E-state index is 10.9. The zero-order valence-corrected chi connectivity index (χ0v) is 9.98. The van der Waals surface area contributed by atoms with E-state index in [0.29, 0.717) is 10.2 Å². The van der Waals surface area contributed by atoms with Crippen LogP contribution in [0.3, 0.4) is 0 Å².